The number of hydrogen-bond donors (Lipinski definition) is 1. The molecule has 0 aliphatic carbocycles. The number of esters is 1. The summed E-state index contributed by atoms with van der Waals surface area (Å²) in [6.07, 6.45) is 7.58. The summed E-state index contributed by atoms with van der Waals surface area (Å²) in [5, 5.41) is 9.36. The van der Waals surface area contributed by atoms with Gasteiger partial charge >= 0.3 is 5.97 Å². The summed E-state index contributed by atoms with van der Waals surface area (Å²) in [7, 11) is 0. The molecule has 7 nitrogen and oxygen atoms in total. The van der Waals surface area contributed by atoms with Crippen LogP contribution in [0.1, 0.15) is 49.7 Å². The van der Waals surface area contributed by atoms with Crippen molar-refractivity contribution in [3.8, 4) is 0 Å². The Balaban J connectivity index is 1.71. The number of rotatable bonds is 13. The third-order valence-electron chi connectivity index (χ3n) is 8.20. The molecule has 3 fully saturated rings. The lowest BCUT2D eigenvalue weighted by Crippen LogP contribution is -2.55. The SMILES string of the molecule is C=CCCCOC(=O)[C@@H]1[C@@H]2CCC3(S2)C(C(=O)N(CC=C)c2c(C)cccc2C)N(CCCCO)C(=O)[C@H]13. The maximum Gasteiger partial charge on any atom is 0.310 e. The fourth-order valence-corrected chi connectivity index (χ4v) is 8.83. The number of benzene rings is 1. The number of amides is 2. The van der Waals surface area contributed by atoms with Crippen LogP contribution < -0.4 is 4.90 Å². The number of allylic oxidation sites excluding steroid dienone is 1. The molecule has 2 unspecified atom stereocenters. The van der Waals surface area contributed by atoms with E-state index in [4.69, 9.17) is 4.74 Å². The van der Waals surface area contributed by atoms with Crippen LogP contribution >= 0.6 is 11.8 Å². The highest BCUT2D eigenvalue weighted by Crippen LogP contribution is 2.66. The summed E-state index contributed by atoms with van der Waals surface area (Å²) < 4.78 is 4.97. The molecule has 1 spiro atoms. The van der Waals surface area contributed by atoms with Gasteiger partial charge in [-0.15, -0.1) is 24.9 Å². The molecule has 4 rings (SSSR count). The molecule has 38 heavy (non-hydrogen) atoms. The molecule has 8 heteroatoms. The number of aryl methyl sites for hydroxylation is 2. The molecular formula is C30H40N2O5S. The molecular weight excluding hydrogens is 500 g/mol. The first kappa shape index (κ1) is 28.4. The monoisotopic (exact) mass is 540 g/mol. The molecule has 2 amide bonds. The first-order valence-corrected chi connectivity index (χ1v) is 14.6. The van der Waals surface area contributed by atoms with Crippen LogP contribution in [0.25, 0.3) is 0 Å². The zero-order valence-electron chi connectivity index (χ0n) is 22.6. The van der Waals surface area contributed by atoms with Crippen molar-refractivity contribution in [1.29, 1.82) is 0 Å². The Labute approximate surface area is 230 Å². The van der Waals surface area contributed by atoms with Gasteiger partial charge in [-0.05, 0) is 63.5 Å². The van der Waals surface area contributed by atoms with Gasteiger partial charge in [-0.2, -0.15) is 0 Å². The molecule has 1 N–H and O–H groups in total. The van der Waals surface area contributed by atoms with Crippen LogP contribution in [0, 0.1) is 25.7 Å². The first-order chi connectivity index (χ1) is 18.3. The van der Waals surface area contributed by atoms with Gasteiger partial charge in [0.25, 0.3) is 5.91 Å². The second kappa shape index (κ2) is 12.1. The molecule has 1 aromatic rings. The fourth-order valence-electron chi connectivity index (χ4n) is 6.63. The van der Waals surface area contributed by atoms with E-state index in [1.807, 2.05) is 32.0 Å². The van der Waals surface area contributed by atoms with E-state index in [2.05, 4.69) is 13.2 Å². The predicted octanol–water partition coefficient (Wildman–Crippen LogP) is 4.20. The van der Waals surface area contributed by atoms with E-state index in [0.717, 1.165) is 29.7 Å². The van der Waals surface area contributed by atoms with E-state index < -0.39 is 22.6 Å². The van der Waals surface area contributed by atoms with Crippen LogP contribution in [0.3, 0.4) is 0 Å². The lowest BCUT2D eigenvalue weighted by Gasteiger charge is -2.38. The van der Waals surface area contributed by atoms with Gasteiger partial charge in [-0.1, -0.05) is 30.4 Å². The number of fused-ring (bicyclic) bond motifs is 1. The predicted molar refractivity (Wildman–Crippen MR) is 151 cm³/mol. The Morgan fingerprint density at radius 1 is 1.21 bits per heavy atom. The van der Waals surface area contributed by atoms with Crippen LogP contribution in [0.4, 0.5) is 5.69 Å². The van der Waals surface area contributed by atoms with Gasteiger partial charge < -0.3 is 19.6 Å². The minimum Gasteiger partial charge on any atom is -0.465 e. The number of ether oxygens (including phenoxy) is 1. The van der Waals surface area contributed by atoms with Crippen molar-refractivity contribution in [3.63, 3.8) is 0 Å². The zero-order valence-corrected chi connectivity index (χ0v) is 23.4. The first-order valence-electron chi connectivity index (χ1n) is 13.7. The highest BCUT2D eigenvalue weighted by atomic mass is 32.2. The number of anilines is 1. The molecule has 0 aromatic heterocycles. The van der Waals surface area contributed by atoms with Crippen molar-refractivity contribution in [2.24, 2.45) is 11.8 Å². The molecule has 1 aromatic carbocycles. The van der Waals surface area contributed by atoms with Gasteiger partial charge in [-0.25, -0.2) is 0 Å². The number of unbranched alkanes of at least 4 members (excludes halogenated alkanes) is 2. The summed E-state index contributed by atoms with van der Waals surface area (Å²) >= 11 is 1.65. The molecule has 5 atom stereocenters. The van der Waals surface area contributed by atoms with Crippen LogP contribution in [-0.4, -0.2) is 70.1 Å². The lowest BCUT2D eigenvalue weighted by atomic mass is 9.71. The van der Waals surface area contributed by atoms with E-state index in [9.17, 15) is 19.5 Å². The van der Waals surface area contributed by atoms with Gasteiger partial charge in [0.1, 0.15) is 6.04 Å². The van der Waals surface area contributed by atoms with Crippen LogP contribution in [0.5, 0.6) is 0 Å². The van der Waals surface area contributed by atoms with E-state index in [0.29, 0.717) is 45.4 Å². The number of carbonyl (C=O) groups is 3. The molecule has 3 aliphatic heterocycles. The molecule has 3 heterocycles. The van der Waals surface area contributed by atoms with Gasteiger partial charge in [0, 0.05) is 30.6 Å². The second-order valence-electron chi connectivity index (χ2n) is 10.6. The van der Waals surface area contributed by atoms with Gasteiger partial charge in [0.15, 0.2) is 0 Å². The number of para-hydroxylation sites is 1. The quantitative estimate of drug-likeness (QED) is 0.229. The minimum atomic E-state index is -0.689. The maximum atomic E-state index is 14.6. The largest absolute Gasteiger partial charge is 0.465 e. The van der Waals surface area contributed by atoms with Gasteiger partial charge in [0.05, 0.1) is 23.2 Å². The summed E-state index contributed by atoms with van der Waals surface area (Å²) in [5.41, 5.74) is 2.81. The normalized spacial score (nSPS) is 27.3. The highest BCUT2D eigenvalue weighted by molar-refractivity contribution is 8.02. The molecule has 206 valence electrons. The topological polar surface area (TPSA) is 87.2 Å². The Morgan fingerprint density at radius 2 is 1.95 bits per heavy atom. The van der Waals surface area contributed by atoms with E-state index in [1.54, 1.807) is 33.7 Å². The average molecular weight is 541 g/mol. The Hall–Kier alpha value is -2.58. The number of nitrogens with zero attached hydrogens (tertiary/aromatic N) is 2. The minimum absolute atomic E-state index is 0.0245. The standard InChI is InChI=1S/C30H40N2O5S/c1-5-7-10-19-37-29(36)23-22-14-15-30(38-22)24(23)27(34)32(17-8-9-18-33)26(30)28(35)31(16-6-2)25-20(3)12-11-13-21(25)4/h5-6,11-13,22-24,26,33H,1-2,7-10,14-19H2,3-4H3/t22-,23+,24-,26?,30?/m0/s1. The van der Waals surface area contributed by atoms with Crippen molar-refractivity contribution >= 4 is 35.2 Å². The summed E-state index contributed by atoms with van der Waals surface area (Å²) in [4.78, 5) is 45.4. The number of carbonyl (C=O) groups excluding carboxylic acids is 3. The highest BCUT2D eigenvalue weighted by Gasteiger charge is 2.74. The third-order valence-corrected chi connectivity index (χ3v) is 10.1. The van der Waals surface area contributed by atoms with Crippen LogP contribution in [0.2, 0.25) is 0 Å². The fraction of sp³-hybridized carbons (Fsp3) is 0.567. The van der Waals surface area contributed by atoms with Crippen molar-refractivity contribution in [2.75, 3.05) is 31.2 Å². The van der Waals surface area contributed by atoms with E-state index in [-0.39, 0.29) is 29.6 Å². The smallest absolute Gasteiger partial charge is 0.310 e. The Kier molecular flexibility index (Phi) is 9.04. The van der Waals surface area contributed by atoms with Crippen molar-refractivity contribution in [3.05, 3.63) is 54.6 Å². The number of likely N-dealkylation sites (tertiary alicyclic amines) is 1. The number of aliphatic hydroxyl groups excluding tert-OH is 1. The molecule has 0 saturated carbocycles. The average Bonchev–Trinajstić information content (AvgIpc) is 3.53. The number of aliphatic hydroxyl groups is 1. The molecule has 0 radical (unpaired) electrons. The Morgan fingerprint density at radius 3 is 2.61 bits per heavy atom. The summed E-state index contributed by atoms with van der Waals surface area (Å²) in [6.45, 7) is 12.6. The molecule has 3 saturated heterocycles. The number of hydrogen-bond acceptors (Lipinski definition) is 6. The van der Waals surface area contributed by atoms with Crippen molar-refractivity contribution in [2.45, 2.75) is 68.4 Å². The maximum absolute atomic E-state index is 14.6. The molecule has 2 bridgehead atoms. The van der Waals surface area contributed by atoms with Crippen LogP contribution in [0.15, 0.2) is 43.5 Å². The van der Waals surface area contributed by atoms with Gasteiger partial charge in [-0.3, -0.25) is 14.4 Å². The van der Waals surface area contributed by atoms with Crippen molar-refractivity contribution < 1.29 is 24.2 Å². The lowest BCUT2D eigenvalue weighted by molar-refractivity contribution is -0.154. The van der Waals surface area contributed by atoms with Crippen LogP contribution in [-0.2, 0) is 19.1 Å². The van der Waals surface area contributed by atoms with Crippen molar-refractivity contribution in [1.82, 2.24) is 4.90 Å². The zero-order chi connectivity index (χ0) is 27.4. The molecule has 3 aliphatic rings. The van der Waals surface area contributed by atoms with E-state index >= 15 is 0 Å². The third kappa shape index (κ3) is 4.93. The van der Waals surface area contributed by atoms with E-state index in [1.165, 1.54) is 0 Å². The summed E-state index contributed by atoms with van der Waals surface area (Å²) in [5.74, 6) is -1.71. The number of thioether (sulfide) groups is 1. The Bertz CT molecular complexity index is 1070. The summed E-state index contributed by atoms with van der Waals surface area (Å²) in [6, 6.07) is 5.26. The van der Waals surface area contributed by atoms with Gasteiger partial charge in [0.2, 0.25) is 5.91 Å². The second-order valence-corrected chi connectivity index (χ2v) is 12.2.